The van der Waals surface area contributed by atoms with Gasteiger partial charge in [0.15, 0.2) is 5.78 Å². The van der Waals surface area contributed by atoms with Crippen LogP contribution in [0.15, 0.2) is 60.8 Å². The van der Waals surface area contributed by atoms with Crippen LogP contribution in [0.2, 0.25) is 0 Å². The van der Waals surface area contributed by atoms with Crippen LogP contribution in [0.5, 0.6) is 0 Å². The van der Waals surface area contributed by atoms with Gasteiger partial charge in [0.25, 0.3) is 0 Å². The van der Waals surface area contributed by atoms with Crippen LogP contribution in [-0.2, 0) is 6.54 Å². The van der Waals surface area contributed by atoms with Gasteiger partial charge in [-0.2, -0.15) is 0 Å². The highest BCUT2D eigenvalue weighted by molar-refractivity contribution is 6.35. The fraction of sp³-hybridized carbons (Fsp3) is 0.158. The van der Waals surface area contributed by atoms with Crippen LogP contribution >= 0.6 is 11.6 Å². The molecule has 0 saturated carbocycles. The van der Waals surface area contributed by atoms with Crippen molar-refractivity contribution in [3.8, 4) is 0 Å². The van der Waals surface area contributed by atoms with E-state index in [4.69, 9.17) is 16.7 Å². The molecule has 0 aliphatic heterocycles. The fourth-order valence-corrected chi connectivity index (χ4v) is 3.08. The largest absolute Gasteiger partial charge is 0.465 e. The summed E-state index contributed by atoms with van der Waals surface area (Å²) in [5.74, 6) is -0.172. The Labute approximate surface area is 149 Å². The van der Waals surface area contributed by atoms with Crippen molar-refractivity contribution >= 4 is 34.4 Å². The van der Waals surface area contributed by atoms with Gasteiger partial charge in [0.2, 0.25) is 0 Å². The van der Waals surface area contributed by atoms with E-state index >= 15 is 0 Å². The van der Waals surface area contributed by atoms with Crippen molar-refractivity contribution in [3.63, 3.8) is 0 Å². The molecule has 0 radical (unpaired) electrons. The molecule has 2 aromatic carbocycles. The summed E-state index contributed by atoms with van der Waals surface area (Å²) in [6, 6.07) is 16.7. The van der Waals surface area contributed by atoms with Gasteiger partial charge >= 0.3 is 6.09 Å². The molecule has 5 nitrogen and oxygen atoms in total. The number of nitrogens with one attached hydrogen (secondary N) is 1. The molecule has 1 aromatic heterocycles. The predicted octanol–water partition coefficient (Wildman–Crippen LogP) is 4.07. The average molecular weight is 357 g/mol. The molecule has 128 valence electrons. The van der Waals surface area contributed by atoms with Gasteiger partial charge in [-0.3, -0.25) is 4.79 Å². The highest BCUT2D eigenvalue weighted by Gasteiger charge is 2.23. The molecule has 3 aromatic rings. The number of carboxylic acid groups (broad SMARTS) is 1. The number of carbonyl (C=O) groups excluding carboxylic acids is 1. The number of nitrogens with zero attached hydrogens (tertiary/aromatic N) is 1. The maximum Gasteiger partial charge on any atom is 0.404 e. The highest BCUT2D eigenvalue weighted by atomic mass is 35.5. The molecule has 0 saturated heterocycles. The van der Waals surface area contributed by atoms with Crippen molar-refractivity contribution in [3.05, 3.63) is 71.9 Å². The summed E-state index contributed by atoms with van der Waals surface area (Å²) in [5.41, 5.74) is 2.16. The first-order valence-corrected chi connectivity index (χ1v) is 8.29. The topological polar surface area (TPSA) is 71.3 Å². The smallest absolute Gasteiger partial charge is 0.404 e. The van der Waals surface area contributed by atoms with E-state index < -0.39 is 11.5 Å². The van der Waals surface area contributed by atoms with Gasteiger partial charge in [0.05, 0.1) is 0 Å². The highest BCUT2D eigenvalue weighted by Crippen LogP contribution is 2.30. The van der Waals surface area contributed by atoms with Crippen molar-refractivity contribution in [2.24, 2.45) is 0 Å². The molecule has 6 heteroatoms. The number of alkyl halides is 1. The van der Waals surface area contributed by atoms with Crippen LogP contribution < -0.4 is 5.32 Å². The molecule has 25 heavy (non-hydrogen) atoms. The molecule has 1 unspecified atom stereocenters. The summed E-state index contributed by atoms with van der Waals surface area (Å²) in [6.45, 7) is 0.684. The molecule has 0 aliphatic rings. The van der Waals surface area contributed by atoms with E-state index in [9.17, 15) is 9.59 Å². The Morgan fingerprint density at radius 3 is 2.48 bits per heavy atom. The zero-order valence-electron chi connectivity index (χ0n) is 13.4. The molecule has 0 spiro atoms. The van der Waals surface area contributed by atoms with E-state index in [0.29, 0.717) is 12.1 Å². The normalized spacial score (nSPS) is 12.0. The maximum absolute atomic E-state index is 12.9. The maximum atomic E-state index is 12.9. The van der Waals surface area contributed by atoms with Crippen molar-refractivity contribution in [2.45, 2.75) is 11.9 Å². The van der Waals surface area contributed by atoms with E-state index in [-0.39, 0.29) is 12.3 Å². The third-order valence-corrected chi connectivity index (χ3v) is 4.46. The minimum absolute atomic E-state index is 0.172. The van der Waals surface area contributed by atoms with Crippen LogP contribution in [0.1, 0.15) is 21.3 Å². The molecular formula is C19H17ClN2O3. The second-order valence-electron chi connectivity index (χ2n) is 5.62. The Morgan fingerprint density at radius 1 is 1.08 bits per heavy atom. The number of aromatic nitrogens is 1. The lowest BCUT2D eigenvalue weighted by molar-refractivity contribution is 0.0988. The Kier molecular flexibility index (Phi) is 5.05. The summed E-state index contributed by atoms with van der Waals surface area (Å²) >= 11 is 6.40. The zero-order valence-corrected chi connectivity index (χ0v) is 14.1. The molecule has 0 aliphatic carbocycles. The van der Waals surface area contributed by atoms with Gasteiger partial charge in [-0.15, -0.1) is 11.6 Å². The lowest BCUT2D eigenvalue weighted by Gasteiger charge is -2.08. The third-order valence-electron chi connectivity index (χ3n) is 4.01. The van der Waals surface area contributed by atoms with Crippen molar-refractivity contribution in [1.29, 1.82) is 0 Å². The quantitative estimate of drug-likeness (QED) is 0.516. The molecule has 1 heterocycles. The molecule has 2 N–H and O–H groups in total. The molecule has 1 atom stereocenters. The summed E-state index contributed by atoms with van der Waals surface area (Å²) < 4.78 is 1.87. The van der Waals surface area contributed by atoms with E-state index in [0.717, 1.165) is 16.5 Å². The lowest BCUT2D eigenvalue weighted by atomic mass is 10.0. The number of fused-ring (bicyclic) bond motifs is 1. The van der Waals surface area contributed by atoms with Gasteiger partial charge in [-0.25, -0.2) is 4.79 Å². The molecule has 3 rings (SSSR count). The molecule has 1 amide bonds. The summed E-state index contributed by atoms with van der Waals surface area (Å²) in [6.07, 6.45) is 0.673. The second kappa shape index (κ2) is 7.40. The Balaban J connectivity index is 1.93. The number of benzene rings is 2. The predicted molar refractivity (Wildman–Crippen MR) is 97.3 cm³/mol. The number of hydrogen-bond acceptors (Lipinski definition) is 2. The average Bonchev–Trinajstić information content (AvgIpc) is 3.00. The van der Waals surface area contributed by atoms with Crippen LogP contribution in [0.25, 0.3) is 10.9 Å². The minimum atomic E-state index is -1.07. The number of ketones is 1. The number of carbonyl (C=O) groups is 2. The van der Waals surface area contributed by atoms with Crippen LogP contribution in [0.3, 0.4) is 0 Å². The van der Waals surface area contributed by atoms with Crippen LogP contribution in [0.4, 0.5) is 4.79 Å². The number of Topliss-reactive ketones (excluding diaryl/α,β-unsaturated/α-hetero) is 1. The number of para-hydroxylation sites is 1. The first-order chi connectivity index (χ1) is 12.1. The van der Waals surface area contributed by atoms with Crippen molar-refractivity contribution in [1.82, 2.24) is 9.88 Å². The minimum Gasteiger partial charge on any atom is -0.465 e. The number of hydrogen-bond donors (Lipinski definition) is 2. The first-order valence-electron chi connectivity index (χ1n) is 7.86. The first kappa shape index (κ1) is 17.0. The monoisotopic (exact) mass is 356 g/mol. The van der Waals surface area contributed by atoms with Crippen LogP contribution in [-0.4, -0.2) is 28.1 Å². The van der Waals surface area contributed by atoms with Crippen LogP contribution in [0, 0.1) is 0 Å². The summed E-state index contributed by atoms with van der Waals surface area (Å²) in [7, 11) is 0. The van der Waals surface area contributed by atoms with E-state index in [2.05, 4.69) is 5.32 Å². The number of rotatable bonds is 6. The van der Waals surface area contributed by atoms with E-state index in [1.165, 1.54) is 0 Å². The van der Waals surface area contributed by atoms with E-state index in [1.807, 2.05) is 59.2 Å². The summed E-state index contributed by atoms with van der Waals surface area (Å²) in [4.78, 5) is 23.5. The number of amides is 1. The fourth-order valence-electron chi connectivity index (χ4n) is 2.82. The molecule has 0 bridgehead atoms. The Bertz CT molecular complexity index is 905. The zero-order chi connectivity index (χ0) is 17.8. The van der Waals surface area contributed by atoms with Gasteiger partial charge in [0, 0.05) is 35.8 Å². The van der Waals surface area contributed by atoms with E-state index in [1.54, 1.807) is 6.20 Å². The lowest BCUT2D eigenvalue weighted by Crippen LogP contribution is -2.24. The molecule has 0 fully saturated rings. The van der Waals surface area contributed by atoms with Gasteiger partial charge in [0.1, 0.15) is 5.38 Å². The Morgan fingerprint density at radius 2 is 1.76 bits per heavy atom. The molecular weight excluding hydrogens is 340 g/mol. The van der Waals surface area contributed by atoms with Crippen molar-refractivity contribution < 1.29 is 14.7 Å². The standard InChI is InChI=1S/C19H17ClN2O3/c20-17(13-6-2-1-3-7-13)18(23)15-12-22(11-10-21-19(24)25)16-9-5-4-8-14(15)16/h1-9,12,17,21H,10-11H2,(H,24,25). The second-order valence-corrected chi connectivity index (χ2v) is 6.06. The van der Waals surface area contributed by atoms with Gasteiger partial charge in [-0.1, -0.05) is 48.5 Å². The van der Waals surface area contributed by atoms with Crippen molar-refractivity contribution in [2.75, 3.05) is 6.54 Å². The number of halogens is 1. The van der Waals surface area contributed by atoms with Gasteiger partial charge < -0.3 is 15.0 Å². The Hall–Kier alpha value is -2.79. The summed E-state index contributed by atoms with van der Waals surface area (Å²) in [5, 5.41) is 11.1. The van der Waals surface area contributed by atoms with Gasteiger partial charge in [-0.05, 0) is 11.6 Å². The SMILES string of the molecule is O=C(O)NCCn1cc(C(=O)C(Cl)c2ccccc2)c2ccccc21. The third kappa shape index (κ3) is 3.67.